The highest BCUT2D eigenvalue weighted by molar-refractivity contribution is 7.80. The molecular weight excluding hydrogens is 348 g/mol. The molecule has 136 valence electrons. The number of nitrogens with zero attached hydrogens (tertiary/aromatic N) is 2. The van der Waals surface area contributed by atoms with E-state index in [4.69, 9.17) is 12.2 Å². The lowest BCUT2D eigenvalue weighted by atomic mass is 10.1. The second-order valence-corrected chi connectivity index (χ2v) is 6.84. The van der Waals surface area contributed by atoms with E-state index in [0.29, 0.717) is 5.11 Å². The smallest absolute Gasteiger partial charge is 0.269 e. The first-order chi connectivity index (χ1) is 12.6. The van der Waals surface area contributed by atoms with Gasteiger partial charge in [-0.1, -0.05) is 30.3 Å². The fraction of sp³-hybridized carbons (Fsp3) is 0.316. The number of nitro groups is 1. The largest absolute Gasteiger partial charge is 0.338 e. The molecule has 3 rings (SSSR count). The summed E-state index contributed by atoms with van der Waals surface area (Å²) >= 11 is 5.49. The van der Waals surface area contributed by atoms with E-state index < -0.39 is 4.92 Å². The van der Waals surface area contributed by atoms with Crippen molar-refractivity contribution in [2.75, 3.05) is 38.0 Å². The second-order valence-electron chi connectivity index (χ2n) is 6.46. The fourth-order valence-electron chi connectivity index (χ4n) is 3.11. The molecule has 0 saturated carbocycles. The Morgan fingerprint density at radius 1 is 1.12 bits per heavy atom. The molecule has 1 aliphatic heterocycles. The molecule has 1 saturated heterocycles. The zero-order valence-corrected chi connectivity index (χ0v) is 15.4. The molecule has 0 aliphatic carbocycles. The van der Waals surface area contributed by atoms with Crippen molar-refractivity contribution < 1.29 is 9.82 Å². The van der Waals surface area contributed by atoms with Gasteiger partial charge in [0.05, 0.1) is 37.6 Å². The summed E-state index contributed by atoms with van der Waals surface area (Å²) in [6.07, 6.45) is 1.10. The van der Waals surface area contributed by atoms with Gasteiger partial charge >= 0.3 is 0 Å². The van der Waals surface area contributed by atoms with Crippen LogP contribution in [-0.2, 0) is 6.42 Å². The molecule has 2 N–H and O–H groups in total. The average molecular weight is 371 g/mol. The molecule has 0 bridgehead atoms. The number of benzene rings is 2. The summed E-state index contributed by atoms with van der Waals surface area (Å²) in [4.78, 5) is 14.1. The predicted molar refractivity (Wildman–Crippen MR) is 107 cm³/mol. The Hall–Kier alpha value is -2.51. The maximum Gasteiger partial charge on any atom is 0.269 e. The van der Waals surface area contributed by atoms with Crippen LogP contribution >= 0.6 is 12.2 Å². The molecule has 7 heteroatoms. The maximum absolute atomic E-state index is 10.7. The van der Waals surface area contributed by atoms with Crippen LogP contribution < -0.4 is 10.2 Å². The summed E-state index contributed by atoms with van der Waals surface area (Å²) in [5, 5.41) is 14.6. The molecule has 1 aliphatic rings. The molecule has 6 nitrogen and oxygen atoms in total. The summed E-state index contributed by atoms with van der Waals surface area (Å²) in [6.45, 7) is 5.11. The van der Waals surface area contributed by atoms with Crippen molar-refractivity contribution in [1.82, 2.24) is 4.90 Å². The van der Waals surface area contributed by atoms with E-state index >= 15 is 0 Å². The molecule has 26 heavy (non-hydrogen) atoms. The minimum Gasteiger partial charge on any atom is -0.338 e. The molecule has 1 heterocycles. The van der Waals surface area contributed by atoms with E-state index in [0.717, 1.165) is 44.8 Å². The molecule has 0 atom stereocenters. The Balaban J connectivity index is 1.43. The topological polar surface area (TPSA) is 62.9 Å². The Bertz CT molecular complexity index is 744. The zero-order chi connectivity index (χ0) is 18.4. The van der Waals surface area contributed by atoms with Crippen LogP contribution in [0.1, 0.15) is 5.56 Å². The lowest BCUT2D eigenvalue weighted by Crippen LogP contribution is -3.15. The number of thiocarbonyl (C=S) groups is 1. The minimum absolute atomic E-state index is 0.0806. The number of nitro benzene ring substituents is 1. The van der Waals surface area contributed by atoms with Crippen molar-refractivity contribution in [3.63, 3.8) is 0 Å². The summed E-state index contributed by atoms with van der Waals surface area (Å²) in [7, 11) is 0. The Labute approximate surface area is 158 Å². The summed E-state index contributed by atoms with van der Waals surface area (Å²) in [5.74, 6) is 0. The number of hydrogen-bond acceptors (Lipinski definition) is 3. The monoisotopic (exact) mass is 371 g/mol. The van der Waals surface area contributed by atoms with Gasteiger partial charge < -0.3 is 15.1 Å². The van der Waals surface area contributed by atoms with E-state index in [9.17, 15) is 10.1 Å². The van der Waals surface area contributed by atoms with Crippen LogP contribution in [0.15, 0.2) is 54.6 Å². The van der Waals surface area contributed by atoms with E-state index in [-0.39, 0.29) is 5.69 Å². The van der Waals surface area contributed by atoms with Crippen LogP contribution in [-0.4, -0.2) is 47.7 Å². The van der Waals surface area contributed by atoms with Gasteiger partial charge in [-0.25, -0.2) is 0 Å². The highest BCUT2D eigenvalue weighted by Crippen LogP contribution is 2.15. The van der Waals surface area contributed by atoms with Crippen molar-refractivity contribution in [3.8, 4) is 0 Å². The van der Waals surface area contributed by atoms with Gasteiger partial charge in [0.2, 0.25) is 0 Å². The van der Waals surface area contributed by atoms with Gasteiger partial charge in [-0.05, 0) is 29.9 Å². The second kappa shape index (κ2) is 8.73. The van der Waals surface area contributed by atoms with Crippen LogP contribution in [0.5, 0.6) is 0 Å². The van der Waals surface area contributed by atoms with Gasteiger partial charge in [0.1, 0.15) is 0 Å². The molecule has 0 radical (unpaired) electrons. The third kappa shape index (κ3) is 5.00. The van der Waals surface area contributed by atoms with E-state index in [1.165, 1.54) is 17.7 Å². The van der Waals surface area contributed by atoms with Crippen molar-refractivity contribution in [2.45, 2.75) is 6.42 Å². The van der Waals surface area contributed by atoms with Gasteiger partial charge in [0.15, 0.2) is 5.11 Å². The van der Waals surface area contributed by atoms with Crippen LogP contribution in [0.3, 0.4) is 0 Å². The number of rotatable bonds is 5. The highest BCUT2D eigenvalue weighted by atomic mass is 32.1. The van der Waals surface area contributed by atoms with Gasteiger partial charge in [0, 0.05) is 24.2 Å². The number of hydrogen-bond donors (Lipinski definition) is 2. The molecule has 2 aromatic rings. The van der Waals surface area contributed by atoms with Gasteiger partial charge in [-0.2, -0.15) is 0 Å². The molecule has 1 fully saturated rings. The van der Waals surface area contributed by atoms with Crippen molar-refractivity contribution in [3.05, 3.63) is 70.3 Å². The van der Waals surface area contributed by atoms with E-state index in [2.05, 4.69) is 34.5 Å². The van der Waals surface area contributed by atoms with Crippen LogP contribution in [0.4, 0.5) is 11.4 Å². The van der Waals surface area contributed by atoms with Gasteiger partial charge in [-0.3, -0.25) is 10.1 Å². The number of anilines is 1. The molecular formula is C19H23N4O2S+. The van der Waals surface area contributed by atoms with Crippen molar-refractivity contribution >= 4 is 28.7 Å². The molecule has 0 amide bonds. The zero-order valence-electron chi connectivity index (χ0n) is 14.6. The molecule has 2 aromatic carbocycles. The number of quaternary nitrogens is 1. The summed E-state index contributed by atoms with van der Waals surface area (Å²) in [5.41, 5.74) is 2.24. The maximum atomic E-state index is 10.7. The van der Waals surface area contributed by atoms with Crippen LogP contribution in [0.2, 0.25) is 0 Å². The SMILES string of the molecule is O=[N+]([O-])c1ccc(NC(=S)N2CC[NH+](CCc3ccccc3)CC2)cc1. The van der Waals surface area contributed by atoms with Crippen molar-refractivity contribution in [1.29, 1.82) is 0 Å². The number of non-ortho nitro benzene ring substituents is 1. The Kier molecular flexibility index (Phi) is 6.14. The Morgan fingerprint density at radius 2 is 1.77 bits per heavy atom. The third-order valence-corrected chi connectivity index (χ3v) is 5.06. The van der Waals surface area contributed by atoms with Crippen molar-refractivity contribution in [2.24, 2.45) is 0 Å². The lowest BCUT2D eigenvalue weighted by molar-refractivity contribution is -0.903. The predicted octanol–water partition coefficient (Wildman–Crippen LogP) is 1.73. The first kappa shape index (κ1) is 18.3. The summed E-state index contributed by atoms with van der Waals surface area (Å²) < 4.78 is 0. The number of nitrogens with one attached hydrogen (secondary N) is 2. The average Bonchev–Trinajstić information content (AvgIpc) is 2.68. The third-order valence-electron chi connectivity index (χ3n) is 4.70. The van der Waals surface area contributed by atoms with Crippen LogP contribution in [0.25, 0.3) is 0 Å². The van der Waals surface area contributed by atoms with Gasteiger partial charge in [-0.15, -0.1) is 0 Å². The standard InChI is InChI=1S/C19H22N4O2S/c24-23(25)18-8-6-17(7-9-18)20-19(26)22-14-12-21(13-15-22)11-10-16-4-2-1-3-5-16/h1-9H,10-15H2,(H,20,26)/p+1. The number of piperazine rings is 1. The highest BCUT2D eigenvalue weighted by Gasteiger charge is 2.21. The molecule has 0 spiro atoms. The normalized spacial score (nSPS) is 14.8. The minimum atomic E-state index is -0.403. The van der Waals surface area contributed by atoms with E-state index in [1.807, 2.05) is 6.07 Å². The Morgan fingerprint density at radius 3 is 2.38 bits per heavy atom. The molecule has 0 aromatic heterocycles. The quantitative estimate of drug-likeness (QED) is 0.476. The van der Waals surface area contributed by atoms with Crippen LogP contribution in [0, 0.1) is 10.1 Å². The summed E-state index contributed by atoms with van der Waals surface area (Å²) in [6, 6.07) is 16.9. The fourth-order valence-corrected chi connectivity index (χ4v) is 3.41. The van der Waals surface area contributed by atoms with E-state index in [1.54, 1.807) is 17.0 Å². The molecule has 0 unspecified atom stereocenters. The first-order valence-electron chi connectivity index (χ1n) is 8.80. The van der Waals surface area contributed by atoms with Gasteiger partial charge in [0.25, 0.3) is 5.69 Å². The lowest BCUT2D eigenvalue weighted by Gasteiger charge is -2.33. The first-order valence-corrected chi connectivity index (χ1v) is 9.20.